The van der Waals surface area contributed by atoms with E-state index < -0.39 is 5.91 Å². The average molecular weight is 461 g/mol. The molecule has 0 aromatic heterocycles. The van der Waals surface area contributed by atoms with Crippen molar-refractivity contribution in [2.75, 3.05) is 19.4 Å². The van der Waals surface area contributed by atoms with Gasteiger partial charge in [0.2, 0.25) is 0 Å². The van der Waals surface area contributed by atoms with E-state index in [-0.39, 0.29) is 12.2 Å². The zero-order valence-corrected chi connectivity index (χ0v) is 18.1. The molecule has 0 aliphatic heterocycles. The normalized spacial score (nSPS) is 11.6. The number of hydrogen-bond acceptors (Lipinski definition) is 4. The first-order chi connectivity index (χ1) is 13.3. The van der Waals surface area contributed by atoms with Gasteiger partial charge in [-0.1, -0.05) is 57.6 Å². The third kappa shape index (κ3) is 6.60. The van der Waals surface area contributed by atoms with Crippen LogP contribution < -0.4 is 5.32 Å². The summed E-state index contributed by atoms with van der Waals surface area (Å²) >= 11 is 24.0. The van der Waals surface area contributed by atoms with Crippen LogP contribution in [0.15, 0.2) is 53.3 Å². The average Bonchev–Trinajstić information content (AvgIpc) is 2.62. The second kappa shape index (κ2) is 10.6. The molecule has 0 radical (unpaired) electrons. The molecule has 2 aromatic carbocycles. The van der Waals surface area contributed by atoms with Gasteiger partial charge in [0, 0.05) is 41.6 Å². The van der Waals surface area contributed by atoms with Crippen molar-refractivity contribution < 1.29 is 9.63 Å². The summed E-state index contributed by atoms with van der Waals surface area (Å²) in [5.74, 6) is -0.393. The summed E-state index contributed by atoms with van der Waals surface area (Å²) < 4.78 is 0. The fourth-order valence-corrected chi connectivity index (χ4v) is 2.88. The van der Waals surface area contributed by atoms with Crippen LogP contribution in [0.2, 0.25) is 20.1 Å². The fraction of sp³-hybridized carbons (Fsp3) is 0.158. The molecule has 148 valence electrons. The highest BCUT2D eigenvalue weighted by molar-refractivity contribution is 6.42. The Hall–Kier alpha value is -1.92. The standard InChI is InChI=1S/C19H17Cl4N3O2/c1-26(2)10-12(19(27)25-13-6-7-17(22)18(23)8-13)9-24-28-11-14-15(20)4-3-5-16(14)21/h3-10H,11H2,1-2H3,(H,25,27)/b12-10-,24-9-. The topological polar surface area (TPSA) is 53.9 Å². The molecule has 9 heteroatoms. The molecule has 0 unspecified atom stereocenters. The van der Waals surface area contributed by atoms with Crippen LogP contribution >= 0.6 is 46.4 Å². The number of halogens is 4. The molecular formula is C19H17Cl4N3O2. The molecule has 0 aliphatic rings. The molecule has 0 atom stereocenters. The number of nitrogens with one attached hydrogen (secondary N) is 1. The Kier molecular flexibility index (Phi) is 8.45. The number of carbonyl (C=O) groups is 1. The number of benzene rings is 2. The van der Waals surface area contributed by atoms with Crippen LogP contribution in [-0.4, -0.2) is 31.1 Å². The van der Waals surface area contributed by atoms with Gasteiger partial charge in [-0.05, 0) is 30.3 Å². The first-order valence-electron chi connectivity index (χ1n) is 8.01. The van der Waals surface area contributed by atoms with E-state index >= 15 is 0 Å². The van der Waals surface area contributed by atoms with Gasteiger partial charge in [-0.25, -0.2) is 0 Å². The van der Waals surface area contributed by atoms with Crippen LogP contribution in [-0.2, 0) is 16.2 Å². The van der Waals surface area contributed by atoms with Crippen LogP contribution in [0.25, 0.3) is 0 Å². The highest BCUT2D eigenvalue weighted by Gasteiger charge is 2.10. The summed E-state index contributed by atoms with van der Waals surface area (Å²) in [6, 6.07) is 9.95. The van der Waals surface area contributed by atoms with Gasteiger partial charge in [-0.15, -0.1) is 0 Å². The molecule has 0 saturated carbocycles. The van der Waals surface area contributed by atoms with Gasteiger partial charge in [-0.3, -0.25) is 4.79 Å². The molecule has 2 rings (SSSR count). The maximum absolute atomic E-state index is 12.5. The minimum atomic E-state index is -0.393. The molecule has 5 nitrogen and oxygen atoms in total. The molecule has 0 heterocycles. The molecular weight excluding hydrogens is 444 g/mol. The van der Waals surface area contributed by atoms with Crippen molar-refractivity contribution in [2.24, 2.45) is 5.16 Å². The molecule has 28 heavy (non-hydrogen) atoms. The zero-order valence-electron chi connectivity index (χ0n) is 15.0. The summed E-state index contributed by atoms with van der Waals surface area (Å²) in [7, 11) is 3.56. The second-order valence-corrected chi connectivity index (χ2v) is 7.47. The van der Waals surface area contributed by atoms with E-state index in [9.17, 15) is 4.79 Å². The number of hydrogen-bond donors (Lipinski definition) is 1. The number of anilines is 1. The van der Waals surface area contributed by atoms with Crippen molar-refractivity contribution in [3.63, 3.8) is 0 Å². The first kappa shape index (κ1) is 22.4. The third-order valence-corrected chi connectivity index (χ3v) is 4.82. The Morgan fingerprint density at radius 2 is 1.75 bits per heavy atom. The van der Waals surface area contributed by atoms with Crippen LogP contribution in [0.4, 0.5) is 5.69 Å². The van der Waals surface area contributed by atoms with E-state index in [4.69, 9.17) is 51.2 Å². The monoisotopic (exact) mass is 459 g/mol. The smallest absolute Gasteiger partial charge is 0.258 e. The van der Waals surface area contributed by atoms with Gasteiger partial charge in [0.15, 0.2) is 0 Å². The van der Waals surface area contributed by atoms with Crippen LogP contribution in [0.3, 0.4) is 0 Å². The molecule has 0 fully saturated rings. The molecule has 2 aromatic rings. The summed E-state index contributed by atoms with van der Waals surface area (Å²) in [5.41, 5.74) is 1.38. The molecule has 0 bridgehead atoms. The second-order valence-electron chi connectivity index (χ2n) is 5.84. The van der Waals surface area contributed by atoms with Gasteiger partial charge in [-0.2, -0.15) is 0 Å². The largest absolute Gasteiger partial charge is 0.391 e. The summed E-state index contributed by atoms with van der Waals surface area (Å²) in [6.45, 7) is 0.0681. The Labute approximate surface area is 183 Å². The Morgan fingerprint density at radius 3 is 2.36 bits per heavy atom. The van der Waals surface area contributed by atoms with Crippen LogP contribution in [0, 0.1) is 0 Å². The Bertz CT molecular complexity index is 894. The predicted octanol–water partition coefficient (Wildman–Crippen LogP) is 5.89. The number of rotatable bonds is 7. The Morgan fingerprint density at radius 1 is 1.07 bits per heavy atom. The van der Waals surface area contributed by atoms with Gasteiger partial charge in [0.25, 0.3) is 5.91 Å². The van der Waals surface area contributed by atoms with Crippen molar-refractivity contribution >= 4 is 64.2 Å². The van der Waals surface area contributed by atoms with E-state index in [1.807, 2.05) is 0 Å². The van der Waals surface area contributed by atoms with E-state index in [0.717, 1.165) is 0 Å². The maximum atomic E-state index is 12.5. The van der Waals surface area contributed by atoms with Gasteiger partial charge in [0.05, 0.1) is 21.8 Å². The summed E-state index contributed by atoms with van der Waals surface area (Å²) in [4.78, 5) is 19.5. The van der Waals surface area contributed by atoms with Crippen molar-refractivity contribution in [3.05, 3.63) is 73.8 Å². The molecule has 1 amide bonds. The van der Waals surface area contributed by atoms with E-state index in [2.05, 4.69) is 10.5 Å². The quantitative estimate of drug-likeness (QED) is 0.318. The lowest BCUT2D eigenvalue weighted by atomic mass is 10.2. The van der Waals surface area contributed by atoms with Gasteiger partial charge < -0.3 is 15.1 Å². The maximum Gasteiger partial charge on any atom is 0.258 e. The van der Waals surface area contributed by atoms with E-state index in [1.165, 1.54) is 6.21 Å². The molecule has 0 spiro atoms. The number of carbonyl (C=O) groups excluding carboxylic acids is 1. The van der Waals surface area contributed by atoms with Crippen LogP contribution in [0.5, 0.6) is 0 Å². The predicted molar refractivity (Wildman–Crippen MR) is 117 cm³/mol. The van der Waals surface area contributed by atoms with Crippen molar-refractivity contribution in [2.45, 2.75) is 6.61 Å². The fourth-order valence-electron chi connectivity index (χ4n) is 2.07. The molecule has 0 saturated heterocycles. The summed E-state index contributed by atoms with van der Waals surface area (Å²) in [5, 5.41) is 8.27. The zero-order chi connectivity index (χ0) is 20.7. The van der Waals surface area contributed by atoms with E-state index in [0.29, 0.717) is 31.3 Å². The lowest BCUT2D eigenvalue weighted by Gasteiger charge is -2.10. The molecule has 0 aliphatic carbocycles. The number of amides is 1. The summed E-state index contributed by atoms with van der Waals surface area (Å²) in [6.07, 6.45) is 2.90. The number of oxime groups is 1. The highest BCUT2D eigenvalue weighted by Crippen LogP contribution is 2.26. The van der Waals surface area contributed by atoms with E-state index in [1.54, 1.807) is 61.6 Å². The van der Waals surface area contributed by atoms with Gasteiger partial charge >= 0.3 is 0 Å². The van der Waals surface area contributed by atoms with Crippen LogP contribution in [0.1, 0.15) is 5.56 Å². The van der Waals surface area contributed by atoms with Gasteiger partial charge in [0.1, 0.15) is 6.61 Å². The third-order valence-electron chi connectivity index (χ3n) is 3.37. The van der Waals surface area contributed by atoms with Crippen molar-refractivity contribution in [1.82, 2.24) is 4.90 Å². The SMILES string of the molecule is CN(C)/C=C(/C=N\OCc1c(Cl)cccc1Cl)C(=O)Nc1ccc(Cl)c(Cl)c1. The minimum absolute atomic E-state index is 0.0681. The highest BCUT2D eigenvalue weighted by atomic mass is 35.5. The number of nitrogens with zero attached hydrogens (tertiary/aromatic N) is 2. The minimum Gasteiger partial charge on any atom is -0.391 e. The Balaban J connectivity index is 2.07. The lowest BCUT2D eigenvalue weighted by Crippen LogP contribution is -2.18. The van der Waals surface area contributed by atoms with Crippen molar-refractivity contribution in [3.8, 4) is 0 Å². The molecule has 1 N–H and O–H groups in total. The lowest BCUT2D eigenvalue weighted by molar-refractivity contribution is -0.112. The van der Waals surface area contributed by atoms with Crippen molar-refractivity contribution in [1.29, 1.82) is 0 Å². The first-order valence-corrected chi connectivity index (χ1v) is 9.52.